The summed E-state index contributed by atoms with van der Waals surface area (Å²) in [6.07, 6.45) is 12.2. The Bertz CT molecular complexity index is 778. The van der Waals surface area contributed by atoms with E-state index in [-0.39, 0.29) is 21.8 Å². The fourth-order valence-electron chi connectivity index (χ4n) is 6.41. The van der Waals surface area contributed by atoms with E-state index in [9.17, 15) is 15.2 Å². The molecule has 5 fully saturated rings. The van der Waals surface area contributed by atoms with Crippen LogP contribution in [-0.2, 0) is 26.3 Å². The number of hydrogen-bond acceptors (Lipinski definition) is 4. The molecule has 0 aromatic heterocycles. The van der Waals surface area contributed by atoms with Crippen molar-refractivity contribution in [3.63, 3.8) is 0 Å². The number of nitrogens with zero attached hydrogens (tertiary/aromatic N) is 2. The van der Waals surface area contributed by atoms with E-state index < -0.39 is 20.8 Å². The zero-order valence-corrected chi connectivity index (χ0v) is 20.3. The predicted octanol–water partition coefficient (Wildman–Crippen LogP) is 6.12. The van der Waals surface area contributed by atoms with Crippen LogP contribution in [0, 0.1) is 27.9 Å². The van der Waals surface area contributed by atoms with E-state index in [4.69, 9.17) is 17.0 Å². The number of rotatable bonds is 4. The Balaban J connectivity index is 0.000000645. The first-order chi connectivity index (χ1) is 13.9. The molecule has 29 heavy (non-hydrogen) atoms. The third-order valence-corrected chi connectivity index (χ3v) is 7.44. The molecule has 1 aromatic carbocycles. The van der Waals surface area contributed by atoms with Crippen molar-refractivity contribution in [2.45, 2.75) is 69.2 Å². The molecule has 5 nitrogen and oxygen atoms in total. The molecule has 0 heterocycles. The average Bonchev–Trinajstić information content (AvgIpc) is 2.61. The van der Waals surface area contributed by atoms with Gasteiger partial charge in [0.05, 0.1) is 4.92 Å². The Labute approximate surface area is 190 Å². The van der Waals surface area contributed by atoms with Crippen molar-refractivity contribution in [3.05, 3.63) is 33.4 Å². The van der Waals surface area contributed by atoms with Gasteiger partial charge in [0.15, 0.2) is 0 Å². The van der Waals surface area contributed by atoms with Crippen LogP contribution in [0.3, 0.4) is 0 Å². The summed E-state index contributed by atoms with van der Waals surface area (Å²) in [6.45, 7) is 0. The molecule has 1 aromatic rings. The Morgan fingerprint density at radius 2 is 1.69 bits per heavy atom. The maximum atomic E-state index is 11.5. The van der Waals surface area contributed by atoms with Crippen molar-refractivity contribution < 1.29 is 30.9 Å². The van der Waals surface area contributed by atoms with Crippen LogP contribution in [0.15, 0.2) is 17.1 Å². The predicted molar refractivity (Wildman–Crippen MR) is 112 cm³/mol. The van der Waals surface area contributed by atoms with E-state index in [0.29, 0.717) is 11.6 Å². The number of phenols is 1. The molecular weight excluding hydrogens is 490 g/mol. The zero-order chi connectivity index (χ0) is 20.6. The van der Waals surface area contributed by atoms with Gasteiger partial charge < -0.3 is 5.11 Å². The second kappa shape index (κ2) is 8.96. The molecule has 5 aliphatic rings. The van der Waals surface area contributed by atoms with Gasteiger partial charge in [-0.05, 0) is 75.5 Å². The maximum absolute atomic E-state index is 11.5. The molecule has 0 amide bonds. The van der Waals surface area contributed by atoms with Gasteiger partial charge in [-0.25, -0.2) is 0 Å². The summed E-state index contributed by atoms with van der Waals surface area (Å²) in [4.78, 5) is 15.7. The first-order valence-corrected chi connectivity index (χ1v) is 16.8. The van der Waals surface area contributed by atoms with Crippen molar-refractivity contribution in [1.82, 2.24) is 0 Å². The van der Waals surface area contributed by atoms with Gasteiger partial charge in [0.25, 0.3) is 5.69 Å². The van der Waals surface area contributed by atoms with Crippen LogP contribution in [0.4, 0.5) is 5.69 Å². The summed E-state index contributed by atoms with van der Waals surface area (Å²) in [5, 5.41) is 22.6. The summed E-state index contributed by atoms with van der Waals surface area (Å²) in [5.74, 6) is 2.42. The monoisotopic (exact) mass is 514 g/mol. The normalized spacial score (nSPS) is 32.6. The number of halogens is 2. The minimum atomic E-state index is -0.826. The number of aromatic hydroxyl groups is 1. The summed E-state index contributed by atoms with van der Waals surface area (Å²) < 4.78 is 0. The van der Waals surface area contributed by atoms with E-state index in [1.807, 2.05) is 0 Å². The first-order valence-electron chi connectivity index (χ1n) is 10.5. The van der Waals surface area contributed by atoms with Gasteiger partial charge in [0.2, 0.25) is 0 Å². The quantitative estimate of drug-likeness (QED) is 0.298. The Morgan fingerprint density at radius 3 is 2.14 bits per heavy atom. The second-order valence-corrected chi connectivity index (χ2v) is 13.1. The van der Waals surface area contributed by atoms with Crippen molar-refractivity contribution in [2.24, 2.45) is 22.7 Å². The third-order valence-electron chi connectivity index (χ3n) is 7.44. The van der Waals surface area contributed by atoms with Crippen LogP contribution in [0.1, 0.15) is 68.9 Å². The molecule has 156 valence electrons. The molecule has 5 saturated carbocycles. The van der Waals surface area contributed by atoms with E-state index in [1.54, 1.807) is 12.3 Å². The first kappa shape index (κ1) is 21.8. The van der Waals surface area contributed by atoms with Crippen LogP contribution in [0.5, 0.6) is 5.75 Å². The molecular formula is C21H26Cl2N2O3Zr. The van der Waals surface area contributed by atoms with Crippen LogP contribution in [0.2, 0.25) is 0 Å². The van der Waals surface area contributed by atoms with Gasteiger partial charge in [-0.3, -0.25) is 15.1 Å². The van der Waals surface area contributed by atoms with Gasteiger partial charge >= 0.3 is 37.9 Å². The Kier molecular flexibility index (Phi) is 6.73. The van der Waals surface area contributed by atoms with Gasteiger partial charge in [0.1, 0.15) is 5.75 Å². The summed E-state index contributed by atoms with van der Waals surface area (Å²) >= 11 is -0.826. The molecule has 0 unspecified atom stereocenters. The molecule has 5 aliphatic carbocycles. The summed E-state index contributed by atoms with van der Waals surface area (Å²) in [7, 11) is 9.87. The number of phenolic OH excluding ortho intramolecular Hbond substituents is 1. The second-order valence-electron chi connectivity index (χ2n) is 9.32. The summed E-state index contributed by atoms with van der Waals surface area (Å²) in [6, 6.07) is 3.46. The third kappa shape index (κ3) is 4.45. The van der Waals surface area contributed by atoms with Crippen molar-refractivity contribution in [2.75, 3.05) is 0 Å². The molecule has 0 radical (unpaired) electrons. The molecule has 1 N–H and O–H groups in total. The molecule has 6 rings (SSSR count). The number of benzene rings is 1. The Morgan fingerprint density at radius 1 is 1.14 bits per heavy atom. The topological polar surface area (TPSA) is 75.7 Å². The van der Waals surface area contributed by atoms with Gasteiger partial charge in [-0.1, -0.05) is 0 Å². The van der Waals surface area contributed by atoms with Gasteiger partial charge in [0, 0.05) is 40.9 Å². The molecule has 8 heteroatoms. The summed E-state index contributed by atoms with van der Waals surface area (Å²) in [5.41, 5.74) is 1.37. The number of non-ortho nitro benzene ring substituents is 1. The van der Waals surface area contributed by atoms with E-state index in [1.165, 1.54) is 31.7 Å². The fourth-order valence-corrected chi connectivity index (χ4v) is 6.41. The molecule has 0 saturated heterocycles. The average molecular weight is 517 g/mol. The number of nitro benzene ring substituents is 1. The molecule has 0 aliphatic heterocycles. The van der Waals surface area contributed by atoms with E-state index in [2.05, 4.69) is 4.99 Å². The van der Waals surface area contributed by atoms with Crippen LogP contribution >= 0.6 is 17.0 Å². The van der Waals surface area contributed by atoms with Crippen LogP contribution in [-0.4, -0.2) is 22.3 Å². The SMILES string of the molecule is O=[N+]([O-])c1cc(C=NC2CCC2)c(O)c(C23CC4CC(CC(C4)C2)C3)c1.[Cl][Zr][Cl]. The number of hydrogen-bond donors (Lipinski definition) is 1. The fraction of sp³-hybridized carbons (Fsp3) is 0.667. The minimum absolute atomic E-state index is 0.0656. The molecule has 0 spiro atoms. The molecule has 0 atom stereocenters. The van der Waals surface area contributed by atoms with E-state index >= 15 is 0 Å². The van der Waals surface area contributed by atoms with Gasteiger partial charge in [-0.15, -0.1) is 0 Å². The zero-order valence-electron chi connectivity index (χ0n) is 16.3. The van der Waals surface area contributed by atoms with Crippen molar-refractivity contribution >= 4 is 28.9 Å². The number of nitro groups is 1. The van der Waals surface area contributed by atoms with Crippen LogP contribution in [0.25, 0.3) is 0 Å². The molecule has 4 bridgehead atoms. The van der Waals surface area contributed by atoms with E-state index in [0.717, 1.165) is 55.4 Å². The van der Waals surface area contributed by atoms with Crippen molar-refractivity contribution in [1.29, 1.82) is 0 Å². The number of aliphatic imine (C=N–C) groups is 1. The standard InChI is InChI=1S/C21H26N2O3.2ClH.Zr/c24-20-16(12-22-17-2-1-3-17)7-18(23(25)26)8-19(20)21-9-13-4-14(10-21)6-15(5-13)11-21;;;/h7-8,12-15,17,24H,1-6,9-11H2;2*1H;/q;;;+2/p-2. The van der Waals surface area contributed by atoms with Gasteiger partial charge in [-0.2, -0.15) is 0 Å². The van der Waals surface area contributed by atoms with Crippen LogP contribution < -0.4 is 0 Å². The Hall–Kier alpha value is -0.447. The van der Waals surface area contributed by atoms with Crippen molar-refractivity contribution in [3.8, 4) is 5.75 Å².